The molecule has 0 amide bonds. The van der Waals surface area contributed by atoms with Crippen molar-refractivity contribution in [2.24, 2.45) is 0 Å². The molecule has 1 atom stereocenters. The van der Waals surface area contributed by atoms with Crippen molar-refractivity contribution in [2.75, 3.05) is 0 Å². The monoisotopic (exact) mass is 278 g/mol. The molecular weight excluding hydrogens is 267 g/mol. The second kappa shape index (κ2) is 5.62. The second-order valence-corrected chi connectivity index (χ2v) is 4.04. The Balaban J connectivity index is 2.43. The van der Waals surface area contributed by atoms with Crippen LogP contribution in [0.25, 0.3) is 0 Å². The first-order chi connectivity index (χ1) is 9.49. The molecule has 0 aliphatic rings. The fourth-order valence-electron chi connectivity index (χ4n) is 1.63. The summed E-state index contributed by atoms with van der Waals surface area (Å²) < 4.78 is 18.4. The predicted octanol–water partition coefficient (Wildman–Crippen LogP) is 2.97. The molecular formula is C13H11FN2O4. The zero-order valence-electron chi connectivity index (χ0n) is 10.5. The molecule has 2 rings (SSSR count). The molecule has 0 spiro atoms. The van der Waals surface area contributed by atoms with Crippen LogP contribution in [0, 0.1) is 15.9 Å². The smallest absolute Gasteiger partial charge is 0.314 e. The van der Waals surface area contributed by atoms with E-state index < -0.39 is 22.5 Å². The molecule has 1 N–H and O–H groups in total. The van der Waals surface area contributed by atoms with Gasteiger partial charge in [0.25, 0.3) is 0 Å². The number of aromatic nitrogens is 1. The lowest BCUT2D eigenvalue weighted by atomic mass is 10.2. The number of hydrogen-bond donors (Lipinski definition) is 1. The van der Waals surface area contributed by atoms with Crippen LogP contribution in [-0.4, -0.2) is 15.0 Å². The van der Waals surface area contributed by atoms with Gasteiger partial charge in [-0.25, -0.2) is 9.37 Å². The van der Waals surface area contributed by atoms with E-state index in [1.807, 2.05) is 0 Å². The number of hydrogen-bond acceptors (Lipinski definition) is 5. The van der Waals surface area contributed by atoms with E-state index in [0.717, 1.165) is 18.2 Å². The van der Waals surface area contributed by atoms with Crippen LogP contribution in [0.4, 0.5) is 10.1 Å². The van der Waals surface area contributed by atoms with Crippen LogP contribution in [0.1, 0.15) is 18.6 Å². The van der Waals surface area contributed by atoms with Crippen LogP contribution in [0.5, 0.6) is 11.6 Å². The summed E-state index contributed by atoms with van der Waals surface area (Å²) in [5.41, 5.74) is -0.127. The maximum Gasteiger partial charge on any atom is 0.314 e. The molecule has 20 heavy (non-hydrogen) atoms. The van der Waals surface area contributed by atoms with Gasteiger partial charge in [0.2, 0.25) is 11.6 Å². The van der Waals surface area contributed by atoms with Crippen molar-refractivity contribution in [1.82, 2.24) is 4.98 Å². The molecule has 0 unspecified atom stereocenters. The Morgan fingerprint density at radius 1 is 1.45 bits per heavy atom. The molecule has 0 bridgehead atoms. The minimum Gasteiger partial charge on any atom is -0.431 e. The number of nitro benzene ring substituents is 1. The Kier molecular flexibility index (Phi) is 3.90. The number of halogens is 1. The molecule has 2 aromatic rings. The van der Waals surface area contributed by atoms with Gasteiger partial charge in [0.15, 0.2) is 0 Å². The van der Waals surface area contributed by atoms with E-state index in [1.54, 1.807) is 12.1 Å². The quantitative estimate of drug-likeness (QED) is 0.686. The standard InChI is InChI=1S/C13H11FN2O4/c1-8(17)10-3-2-6-15-13(10)20-12-5-4-9(14)7-11(12)16(18)19/h2-8,17H,1H3/t8-/m0/s1. The van der Waals surface area contributed by atoms with E-state index >= 15 is 0 Å². The van der Waals surface area contributed by atoms with Crippen LogP contribution >= 0.6 is 0 Å². The van der Waals surface area contributed by atoms with E-state index in [0.29, 0.717) is 5.56 Å². The highest BCUT2D eigenvalue weighted by Gasteiger charge is 2.19. The number of pyridine rings is 1. The highest BCUT2D eigenvalue weighted by Crippen LogP contribution is 2.33. The maximum atomic E-state index is 13.0. The molecule has 1 aromatic carbocycles. The normalized spacial score (nSPS) is 11.9. The van der Waals surface area contributed by atoms with Gasteiger partial charge in [-0.3, -0.25) is 10.1 Å². The molecule has 0 fully saturated rings. The van der Waals surface area contributed by atoms with Crippen LogP contribution in [0.3, 0.4) is 0 Å². The average molecular weight is 278 g/mol. The van der Waals surface area contributed by atoms with Gasteiger partial charge in [-0.2, -0.15) is 0 Å². The second-order valence-electron chi connectivity index (χ2n) is 4.04. The van der Waals surface area contributed by atoms with Crippen molar-refractivity contribution in [3.63, 3.8) is 0 Å². The van der Waals surface area contributed by atoms with Gasteiger partial charge < -0.3 is 9.84 Å². The number of nitro groups is 1. The number of ether oxygens (including phenoxy) is 1. The van der Waals surface area contributed by atoms with Crippen LogP contribution in [0.15, 0.2) is 36.5 Å². The lowest BCUT2D eigenvalue weighted by Crippen LogP contribution is -2.00. The first-order valence-corrected chi connectivity index (χ1v) is 5.74. The summed E-state index contributed by atoms with van der Waals surface area (Å²) in [5, 5.41) is 20.5. The first kappa shape index (κ1) is 13.9. The Hall–Kier alpha value is -2.54. The molecule has 1 heterocycles. The van der Waals surface area contributed by atoms with Crippen LogP contribution < -0.4 is 4.74 Å². The van der Waals surface area contributed by atoms with Crippen molar-refractivity contribution in [2.45, 2.75) is 13.0 Å². The Morgan fingerprint density at radius 2 is 2.20 bits per heavy atom. The largest absolute Gasteiger partial charge is 0.431 e. The summed E-state index contributed by atoms with van der Waals surface area (Å²) in [6.45, 7) is 1.52. The molecule has 1 aromatic heterocycles. The molecule has 7 heteroatoms. The summed E-state index contributed by atoms with van der Waals surface area (Å²) >= 11 is 0. The zero-order valence-corrected chi connectivity index (χ0v) is 10.5. The van der Waals surface area contributed by atoms with E-state index in [2.05, 4.69) is 4.98 Å². The van der Waals surface area contributed by atoms with Crippen LogP contribution in [-0.2, 0) is 0 Å². The summed E-state index contributed by atoms with van der Waals surface area (Å²) in [6.07, 6.45) is 0.578. The van der Waals surface area contributed by atoms with Crippen molar-refractivity contribution in [3.05, 3.63) is 58.0 Å². The lowest BCUT2D eigenvalue weighted by molar-refractivity contribution is -0.385. The average Bonchev–Trinajstić information content (AvgIpc) is 2.41. The number of aliphatic hydroxyl groups is 1. The van der Waals surface area contributed by atoms with E-state index in [-0.39, 0.29) is 11.6 Å². The van der Waals surface area contributed by atoms with E-state index in [4.69, 9.17) is 4.74 Å². The molecule has 0 aliphatic carbocycles. The van der Waals surface area contributed by atoms with Crippen molar-refractivity contribution < 1.29 is 19.2 Å². The Morgan fingerprint density at radius 3 is 2.85 bits per heavy atom. The Bertz CT molecular complexity index is 646. The van der Waals surface area contributed by atoms with Gasteiger partial charge in [0.1, 0.15) is 5.82 Å². The van der Waals surface area contributed by atoms with Gasteiger partial charge in [-0.1, -0.05) is 0 Å². The summed E-state index contributed by atoms with van der Waals surface area (Å²) in [6, 6.07) is 6.15. The molecule has 0 saturated heterocycles. The summed E-state index contributed by atoms with van der Waals surface area (Å²) in [4.78, 5) is 14.0. The Labute approximate surface area is 113 Å². The fourth-order valence-corrected chi connectivity index (χ4v) is 1.63. The molecule has 0 saturated carbocycles. The van der Waals surface area contributed by atoms with Gasteiger partial charge in [-0.15, -0.1) is 0 Å². The first-order valence-electron chi connectivity index (χ1n) is 5.74. The maximum absolute atomic E-state index is 13.0. The molecule has 0 radical (unpaired) electrons. The molecule has 6 nitrogen and oxygen atoms in total. The number of nitrogens with zero attached hydrogens (tertiary/aromatic N) is 2. The topological polar surface area (TPSA) is 85.5 Å². The third-order valence-electron chi connectivity index (χ3n) is 2.57. The number of rotatable bonds is 4. The van der Waals surface area contributed by atoms with Crippen LogP contribution in [0.2, 0.25) is 0 Å². The number of benzene rings is 1. The van der Waals surface area contributed by atoms with Gasteiger partial charge >= 0.3 is 5.69 Å². The van der Waals surface area contributed by atoms with E-state index in [1.165, 1.54) is 13.1 Å². The highest BCUT2D eigenvalue weighted by molar-refractivity contribution is 5.48. The minimum atomic E-state index is -0.849. The molecule has 104 valence electrons. The minimum absolute atomic E-state index is 0.0391. The summed E-state index contributed by atoms with van der Waals surface area (Å²) in [5.74, 6) is -0.838. The van der Waals surface area contributed by atoms with Gasteiger partial charge in [-0.05, 0) is 31.2 Å². The lowest BCUT2D eigenvalue weighted by Gasteiger charge is -2.11. The van der Waals surface area contributed by atoms with E-state index in [9.17, 15) is 19.6 Å². The SMILES string of the molecule is C[C@H](O)c1cccnc1Oc1ccc(F)cc1[N+](=O)[O-]. The number of aliphatic hydroxyl groups excluding tert-OH is 1. The highest BCUT2D eigenvalue weighted by atomic mass is 19.1. The molecule has 0 aliphatic heterocycles. The summed E-state index contributed by atoms with van der Waals surface area (Å²) in [7, 11) is 0. The zero-order chi connectivity index (χ0) is 14.7. The van der Waals surface area contributed by atoms with Crippen molar-refractivity contribution in [1.29, 1.82) is 0 Å². The van der Waals surface area contributed by atoms with Gasteiger partial charge in [0.05, 0.1) is 17.1 Å². The van der Waals surface area contributed by atoms with Gasteiger partial charge in [0, 0.05) is 11.8 Å². The third kappa shape index (κ3) is 2.89. The van der Waals surface area contributed by atoms with Crippen molar-refractivity contribution >= 4 is 5.69 Å². The van der Waals surface area contributed by atoms with Crippen molar-refractivity contribution in [3.8, 4) is 11.6 Å². The third-order valence-corrected chi connectivity index (χ3v) is 2.57. The fraction of sp³-hybridized carbons (Fsp3) is 0.154. The predicted molar refractivity (Wildman–Crippen MR) is 68.0 cm³/mol.